The lowest BCUT2D eigenvalue weighted by Crippen LogP contribution is -2.14. The Morgan fingerprint density at radius 1 is 1.50 bits per heavy atom. The molecule has 0 radical (unpaired) electrons. The van der Waals surface area contributed by atoms with Crippen LogP contribution < -0.4 is 0 Å². The monoisotopic (exact) mass is 184 g/mol. The average molecular weight is 184 g/mol. The van der Waals surface area contributed by atoms with Crippen LogP contribution in [0.1, 0.15) is 17.6 Å². The van der Waals surface area contributed by atoms with Crippen molar-refractivity contribution in [3.8, 4) is 0 Å². The summed E-state index contributed by atoms with van der Waals surface area (Å²) in [4.78, 5) is 6.68. The topological polar surface area (TPSA) is 16.1 Å². The first-order valence-electron chi connectivity index (χ1n) is 4.30. The molecule has 0 aliphatic rings. The summed E-state index contributed by atoms with van der Waals surface area (Å²) in [7, 11) is 4.18. The van der Waals surface area contributed by atoms with E-state index in [1.165, 1.54) is 10.7 Å². The Hall–Kier alpha value is -0.410. The van der Waals surface area contributed by atoms with Gasteiger partial charge in [0.2, 0.25) is 0 Å². The summed E-state index contributed by atoms with van der Waals surface area (Å²) in [5, 5.41) is 3.42. The highest BCUT2D eigenvalue weighted by Crippen LogP contribution is 2.10. The first-order chi connectivity index (χ1) is 5.72. The Balaban J connectivity index is 2.41. The summed E-state index contributed by atoms with van der Waals surface area (Å²) in [6.07, 6.45) is 2.14. The van der Waals surface area contributed by atoms with E-state index in [2.05, 4.69) is 36.3 Å². The number of aromatic nitrogens is 1. The van der Waals surface area contributed by atoms with Crippen molar-refractivity contribution < 1.29 is 0 Å². The Morgan fingerprint density at radius 2 is 2.25 bits per heavy atom. The minimum atomic E-state index is 1.05. The van der Waals surface area contributed by atoms with Gasteiger partial charge in [-0.2, -0.15) is 0 Å². The maximum atomic E-state index is 4.49. The van der Waals surface area contributed by atoms with Crippen LogP contribution in [0.3, 0.4) is 0 Å². The van der Waals surface area contributed by atoms with Crippen LogP contribution in [0.2, 0.25) is 0 Å². The Labute approximate surface area is 78.2 Å². The Morgan fingerprint density at radius 3 is 2.75 bits per heavy atom. The lowest BCUT2D eigenvalue weighted by molar-refractivity contribution is 0.413. The van der Waals surface area contributed by atoms with Gasteiger partial charge in [-0.25, -0.2) is 4.98 Å². The lowest BCUT2D eigenvalue weighted by atomic mass is 10.4. The summed E-state index contributed by atoms with van der Waals surface area (Å²) in [5.41, 5.74) is 1.23. The smallest absolute Gasteiger partial charge is 0.0941 e. The molecule has 12 heavy (non-hydrogen) atoms. The second-order valence-electron chi connectivity index (χ2n) is 3.14. The number of likely N-dealkylation sites (N-methyl/N-ethyl adjacent to an activating group) is 1. The standard InChI is InChI=1S/C9H16N2S/c1-4-8-7-12-9(10-8)5-6-11(2)3/h7H,4-6H2,1-3H3. The number of thiazole rings is 1. The molecule has 68 valence electrons. The SMILES string of the molecule is CCc1csc(CCN(C)C)n1. The lowest BCUT2D eigenvalue weighted by Gasteiger charge is -2.06. The van der Waals surface area contributed by atoms with E-state index in [0.717, 1.165) is 19.4 Å². The van der Waals surface area contributed by atoms with Gasteiger partial charge in [0.15, 0.2) is 0 Å². The van der Waals surface area contributed by atoms with Gasteiger partial charge in [-0.15, -0.1) is 11.3 Å². The average Bonchev–Trinajstić information content (AvgIpc) is 2.48. The van der Waals surface area contributed by atoms with Gasteiger partial charge in [-0.05, 0) is 20.5 Å². The molecule has 1 heterocycles. The fraction of sp³-hybridized carbons (Fsp3) is 0.667. The van der Waals surface area contributed by atoms with E-state index < -0.39 is 0 Å². The van der Waals surface area contributed by atoms with Crippen LogP contribution in [0.25, 0.3) is 0 Å². The zero-order valence-corrected chi connectivity index (χ0v) is 8.82. The molecule has 0 spiro atoms. The third kappa shape index (κ3) is 2.91. The zero-order valence-electron chi connectivity index (χ0n) is 8.00. The van der Waals surface area contributed by atoms with E-state index in [1.807, 2.05) is 0 Å². The molecular weight excluding hydrogens is 168 g/mol. The first-order valence-corrected chi connectivity index (χ1v) is 5.18. The summed E-state index contributed by atoms with van der Waals surface area (Å²) in [6, 6.07) is 0. The van der Waals surface area contributed by atoms with Gasteiger partial charge in [0, 0.05) is 18.3 Å². The maximum Gasteiger partial charge on any atom is 0.0941 e. The quantitative estimate of drug-likeness (QED) is 0.709. The zero-order chi connectivity index (χ0) is 8.97. The fourth-order valence-electron chi connectivity index (χ4n) is 0.945. The normalized spacial score (nSPS) is 11.0. The molecule has 0 aromatic carbocycles. The van der Waals surface area contributed by atoms with Crippen molar-refractivity contribution in [2.45, 2.75) is 19.8 Å². The molecule has 0 bridgehead atoms. The first kappa shape index (κ1) is 9.68. The van der Waals surface area contributed by atoms with Crippen molar-refractivity contribution in [2.24, 2.45) is 0 Å². The molecule has 0 saturated heterocycles. The molecule has 0 unspecified atom stereocenters. The Bertz CT molecular complexity index is 230. The van der Waals surface area contributed by atoms with Crippen LogP contribution in [0, 0.1) is 0 Å². The highest BCUT2D eigenvalue weighted by atomic mass is 32.1. The molecule has 0 aliphatic carbocycles. The van der Waals surface area contributed by atoms with E-state index in [0.29, 0.717) is 0 Å². The summed E-state index contributed by atoms with van der Waals surface area (Å²) < 4.78 is 0. The van der Waals surface area contributed by atoms with Crippen LogP contribution in [-0.4, -0.2) is 30.5 Å². The van der Waals surface area contributed by atoms with Crippen LogP contribution in [-0.2, 0) is 12.8 Å². The van der Waals surface area contributed by atoms with Crippen molar-refractivity contribution in [3.05, 3.63) is 16.1 Å². The molecule has 0 fully saturated rings. The molecule has 0 atom stereocenters. The van der Waals surface area contributed by atoms with E-state index in [9.17, 15) is 0 Å². The van der Waals surface area contributed by atoms with Gasteiger partial charge in [0.1, 0.15) is 0 Å². The van der Waals surface area contributed by atoms with Crippen LogP contribution in [0.15, 0.2) is 5.38 Å². The van der Waals surface area contributed by atoms with Crippen LogP contribution >= 0.6 is 11.3 Å². The highest BCUT2D eigenvalue weighted by molar-refractivity contribution is 7.09. The molecule has 1 rings (SSSR count). The van der Waals surface area contributed by atoms with Crippen LogP contribution in [0.4, 0.5) is 0 Å². The van der Waals surface area contributed by atoms with Crippen molar-refractivity contribution in [1.82, 2.24) is 9.88 Å². The van der Waals surface area contributed by atoms with Crippen molar-refractivity contribution in [1.29, 1.82) is 0 Å². The minimum Gasteiger partial charge on any atom is -0.309 e. The minimum absolute atomic E-state index is 1.05. The third-order valence-electron chi connectivity index (χ3n) is 1.73. The summed E-state index contributed by atoms with van der Waals surface area (Å²) in [5.74, 6) is 0. The fourth-order valence-corrected chi connectivity index (χ4v) is 1.82. The van der Waals surface area contributed by atoms with Gasteiger partial charge >= 0.3 is 0 Å². The molecule has 0 aliphatic heterocycles. The molecule has 0 amide bonds. The number of nitrogens with zero attached hydrogens (tertiary/aromatic N) is 2. The summed E-state index contributed by atoms with van der Waals surface area (Å²) in [6.45, 7) is 3.24. The van der Waals surface area contributed by atoms with Gasteiger partial charge in [-0.3, -0.25) is 0 Å². The van der Waals surface area contributed by atoms with Crippen molar-refractivity contribution in [2.75, 3.05) is 20.6 Å². The molecule has 1 aromatic rings. The predicted molar refractivity (Wildman–Crippen MR) is 53.8 cm³/mol. The predicted octanol–water partition coefficient (Wildman–Crippen LogP) is 1.81. The van der Waals surface area contributed by atoms with E-state index in [1.54, 1.807) is 11.3 Å². The van der Waals surface area contributed by atoms with Gasteiger partial charge < -0.3 is 4.90 Å². The van der Waals surface area contributed by atoms with E-state index in [4.69, 9.17) is 0 Å². The van der Waals surface area contributed by atoms with Crippen LogP contribution in [0.5, 0.6) is 0 Å². The molecule has 0 N–H and O–H groups in total. The van der Waals surface area contributed by atoms with Crippen molar-refractivity contribution >= 4 is 11.3 Å². The number of hydrogen-bond acceptors (Lipinski definition) is 3. The third-order valence-corrected chi connectivity index (χ3v) is 2.69. The summed E-state index contributed by atoms with van der Waals surface area (Å²) >= 11 is 1.78. The largest absolute Gasteiger partial charge is 0.309 e. The van der Waals surface area contributed by atoms with Gasteiger partial charge in [-0.1, -0.05) is 6.92 Å². The number of aryl methyl sites for hydroxylation is 1. The maximum absolute atomic E-state index is 4.49. The Kier molecular flexibility index (Phi) is 3.69. The second-order valence-corrected chi connectivity index (χ2v) is 4.08. The molecule has 1 aromatic heterocycles. The van der Waals surface area contributed by atoms with E-state index in [-0.39, 0.29) is 0 Å². The molecule has 3 heteroatoms. The molecular formula is C9H16N2S. The number of rotatable bonds is 4. The van der Waals surface area contributed by atoms with Gasteiger partial charge in [0.25, 0.3) is 0 Å². The number of hydrogen-bond donors (Lipinski definition) is 0. The molecule has 0 saturated carbocycles. The highest BCUT2D eigenvalue weighted by Gasteiger charge is 2.00. The van der Waals surface area contributed by atoms with Crippen molar-refractivity contribution in [3.63, 3.8) is 0 Å². The molecule has 2 nitrogen and oxygen atoms in total. The second kappa shape index (κ2) is 4.58. The van der Waals surface area contributed by atoms with Gasteiger partial charge in [0.05, 0.1) is 10.7 Å². The van der Waals surface area contributed by atoms with E-state index >= 15 is 0 Å².